The van der Waals surface area contributed by atoms with Crippen LogP contribution in [0.1, 0.15) is 18.4 Å². The van der Waals surface area contributed by atoms with Crippen molar-refractivity contribution in [1.29, 1.82) is 0 Å². The Kier molecular flexibility index (Phi) is 5.38. The number of nitrogens with two attached hydrogens (primary N) is 1. The molecule has 1 aliphatic rings. The lowest BCUT2D eigenvalue weighted by atomic mass is 9.96. The van der Waals surface area contributed by atoms with Crippen molar-refractivity contribution in [2.45, 2.75) is 19.8 Å². The minimum atomic E-state index is -0.651. The van der Waals surface area contributed by atoms with Crippen molar-refractivity contribution >= 4 is 46.0 Å². The molecule has 0 spiro atoms. The van der Waals surface area contributed by atoms with Crippen LogP contribution in [0.3, 0.4) is 0 Å². The van der Waals surface area contributed by atoms with Gasteiger partial charge in [-0.2, -0.15) is 0 Å². The largest absolute Gasteiger partial charge is 0.369 e. The zero-order valence-corrected chi connectivity index (χ0v) is 14.4. The molecule has 1 aliphatic heterocycles. The van der Waals surface area contributed by atoms with Crippen LogP contribution in [0, 0.1) is 16.4 Å². The number of hydrogen-bond acceptors (Lipinski definition) is 3. The van der Waals surface area contributed by atoms with Crippen LogP contribution >= 0.6 is 22.6 Å². The first kappa shape index (κ1) is 16.7. The number of rotatable bonds is 2. The zero-order valence-electron chi connectivity index (χ0n) is 12.3. The Balaban J connectivity index is 1.95. The van der Waals surface area contributed by atoms with Gasteiger partial charge in [0.15, 0.2) is 0 Å². The summed E-state index contributed by atoms with van der Waals surface area (Å²) in [5.74, 6) is -1.76. The third-order valence-electron chi connectivity index (χ3n) is 3.82. The summed E-state index contributed by atoms with van der Waals surface area (Å²) < 4.78 is 1.06. The van der Waals surface area contributed by atoms with Gasteiger partial charge in [-0.05, 0) is 66.1 Å². The average molecular weight is 415 g/mol. The third kappa shape index (κ3) is 3.96. The van der Waals surface area contributed by atoms with Crippen LogP contribution in [0.4, 0.5) is 5.69 Å². The quantitative estimate of drug-likeness (QED) is 0.563. The number of piperidine rings is 1. The maximum Gasteiger partial charge on any atom is 0.313 e. The molecule has 0 aromatic heterocycles. The number of hydrogen-bond donors (Lipinski definition) is 2. The topological polar surface area (TPSA) is 92.5 Å². The Bertz CT molecular complexity index is 610. The molecule has 6 nitrogen and oxygen atoms in total. The van der Waals surface area contributed by atoms with E-state index in [0.717, 1.165) is 9.13 Å². The molecule has 0 aliphatic carbocycles. The van der Waals surface area contributed by atoms with Crippen molar-refractivity contribution in [2.24, 2.45) is 11.7 Å². The minimum Gasteiger partial charge on any atom is -0.369 e. The van der Waals surface area contributed by atoms with E-state index < -0.39 is 11.8 Å². The van der Waals surface area contributed by atoms with Gasteiger partial charge in [0.2, 0.25) is 5.91 Å². The van der Waals surface area contributed by atoms with Gasteiger partial charge in [0, 0.05) is 28.3 Å². The predicted octanol–water partition coefficient (Wildman–Crippen LogP) is 1.26. The summed E-state index contributed by atoms with van der Waals surface area (Å²) in [4.78, 5) is 36.8. The molecule has 0 bridgehead atoms. The van der Waals surface area contributed by atoms with Crippen LogP contribution in [-0.4, -0.2) is 35.7 Å². The summed E-state index contributed by atoms with van der Waals surface area (Å²) in [6, 6.07) is 5.58. The Morgan fingerprint density at radius 1 is 1.27 bits per heavy atom. The van der Waals surface area contributed by atoms with Crippen LogP contribution in [0.2, 0.25) is 0 Å². The van der Waals surface area contributed by atoms with E-state index in [1.165, 1.54) is 4.90 Å². The monoisotopic (exact) mass is 415 g/mol. The summed E-state index contributed by atoms with van der Waals surface area (Å²) >= 11 is 2.19. The molecular formula is C15H18IN3O3. The van der Waals surface area contributed by atoms with Gasteiger partial charge in [0.1, 0.15) is 0 Å². The molecule has 3 N–H and O–H groups in total. The molecule has 1 aromatic carbocycles. The van der Waals surface area contributed by atoms with E-state index in [0.29, 0.717) is 31.6 Å². The summed E-state index contributed by atoms with van der Waals surface area (Å²) in [7, 11) is 0. The van der Waals surface area contributed by atoms with Gasteiger partial charge in [-0.15, -0.1) is 0 Å². The number of benzene rings is 1. The second-order valence-electron chi connectivity index (χ2n) is 5.38. The highest BCUT2D eigenvalue weighted by molar-refractivity contribution is 14.1. The lowest BCUT2D eigenvalue weighted by Gasteiger charge is -2.30. The van der Waals surface area contributed by atoms with Crippen LogP contribution in [0.5, 0.6) is 0 Å². The smallest absolute Gasteiger partial charge is 0.313 e. The number of nitrogens with zero attached hydrogens (tertiary/aromatic N) is 1. The number of likely N-dealkylation sites (tertiary alicyclic amines) is 1. The van der Waals surface area contributed by atoms with Crippen molar-refractivity contribution in [2.75, 3.05) is 18.4 Å². The summed E-state index contributed by atoms with van der Waals surface area (Å²) in [6.07, 6.45) is 1.02. The molecule has 0 radical (unpaired) electrons. The molecule has 22 heavy (non-hydrogen) atoms. The summed E-state index contributed by atoms with van der Waals surface area (Å²) in [5.41, 5.74) is 6.79. The van der Waals surface area contributed by atoms with E-state index >= 15 is 0 Å². The molecule has 0 unspecified atom stereocenters. The molecule has 7 heteroatoms. The predicted molar refractivity (Wildman–Crippen MR) is 91.0 cm³/mol. The number of amides is 3. The van der Waals surface area contributed by atoms with Crippen LogP contribution in [-0.2, 0) is 14.4 Å². The van der Waals surface area contributed by atoms with E-state index in [1.54, 1.807) is 6.07 Å². The first-order chi connectivity index (χ1) is 10.4. The van der Waals surface area contributed by atoms with Crippen molar-refractivity contribution in [3.8, 4) is 0 Å². The second-order valence-corrected chi connectivity index (χ2v) is 6.63. The van der Waals surface area contributed by atoms with Gasteiger partial charge in [-0.1, -0.05) is 0 Å². The Morgan fingerprint density at radius 2 is 1.91 bits per heavy atom. The normalized spacial score (nSPS) is 15.5. The number of anilines is 1. The highest BCUT2D eigenvalue weighted by Gasteiger charge is 2.29. The molecule has 118 valence electrons. The van der Waals surface area contributed by atoms with E-state index in [9.17, 15) is 14.4 Å². The highest BCUT2D eigenvalue weighted by Crippen LogP contribution is 2.19. The lowest BCUT2D eigenvalue weighted by Crippen LogP contribution is -2.46. The molecule has 1 fully saturated rings. The zero-order chi connectivity index (χ0) is 16.3. The molecule has 1 heterocycles. The molecule has 2 rings (SSSR count). The first-order valence-corrected chi connectivity index (χ1v) is 8.12. The van der Waals surface area contributed by atoms with Gasteiger partial charge in [0.25, 0.3) is 0 Å². The summed E-state index contributed by atoms with van der Waals surface area (Å²) in [5, 5.41) is 2.64. The van der Waals surface area contributed by atoms with Gasteiger partial charge in [0.05, 0.1) is 0 Å². The van der Waals surface area contributed by atoms with E-state index in [1.807, 2.05) is 19.1 Å². The SMILES string of the molecule is Cc1cc(I)ccc1NC(=O)C(=O)N1CCC(C(N)=O)CC1. The molecule has 0 saturated carbocycles. The second kappa shape index (κ2) is 7.08. The molecule has 3 amide bonds. The lowest BCUT2D eigenvalue weighted by molar-refractivity contribution is -0.144. The fourth-order valence-corrected chi connectivity index (χ4v) is 3.10. The van der Waals surface area contributed by atoms with Crippen LogP contribution < -0.4 is 11.1 Å². The molecular weight excluding hydrogens is 397 g/mol. The first-order valence-electron chi connectivity index (χ1n) is 7.04. The highest BCUT2D eigenvalue weighted by atomic mass is 127. The van der Waals surface area contributed by atoms with E-state index in [2.05, 4.69) is 27.9 Å². The van der Waals surface area contributed by atoms with Gasteiger partial charge < -0.3 is 16.0 Å². The van der Waals surface area contributed by atoms with Crippen LogP contribution in [0.15, 0.2) is 18.2 Å². The van der Waals surface area contributed by atoms with Gasteiger partial charge in [-0.25, -0.2) is 0 Å². The number of carbonyl (C=O) groups is 3. The third-order valence-corrected chi connectivity index (χ3v) is 4.49. The molecule has 0 atom stereocenters. The van der Waals surface area contributed by atoms with Crippen molar-refractivity contribution in [3.63, 3.8) is 0 Å². The standard InChI is InChI=1S/C15H18IN3O3/c1-9-8-11(16)2-3-12(9)18-14(21)15(22)19-6-4-10(5-7-19)13(17)20/h2-3,8,10H,4-7H2,1H3,(H2,17,20)(H,18,21). The summed E-state index contributed by atoms with van der Waals surface area (Å²) in [6.45, 7) is 2.64. The number of aryl methyl sites for hydroxylation is 1. The van der Waals surface area contributed by atoms with Crippen LogP contribution in [0.25, 0.3) is 0 Å². The Labute approximate surface area is 142 Å². The van der Waals surface area contributed by atoms with E-state index in [4.69, 9.17) is 5.73 Å². The Hall–Kier alpha value is -1.64. The van der Waals surface area contributed by atoms with Crippen molar-refractivity contribution < 1.29 is 14.4 Å². The minimum absolute atomic E-state index is 0.203. The number of carbonyl (C=O) groups excluding carboxylic acids is 3. The maximum absolute atomic E-state index is 12.2. The fourth-order valence-electron chi connectivity index (χ4n) is 2.45. The number of nitrogens with one attached hydrogen (secondary N) is 1. The average Bonchev–Trinajstić information content (AvgIpc) is 2.49. The fraction of sp³-hybridized carbons (Fsp3) is 0.400. The van der Waals surface area contributed by atoms with E-state index in [-0.39, 0.29) is 11.8 Å². The van der Waals surface area contributed by atoms with Crippen molar-refractivity contribution in [3.05, 3.63) is 27.3 Å². The number of primary amides is 1. The van der Waals surface area contributed by atoms with Crippen molar-refractivity contribution in [1.82, 2.24) is 4.90 Å². The van der Waals surface area contributed by atoms with Gasteiger partial charge >= 0.3 is 11.8 Å². The van der Waals surface area contributed by atoms with Gasteiger partial charge in [-0.3, -0.25) is 14.4 Å². The Morgan fingerprint density at radius 3 is 2.45 bits per heavy atom. The molecule has 1 saturated heterocycles. The number of halogens is 1. The molecule has 1 aromatic rings. The maximum atomic E-state index is 12.2.